The molecule has 1 saturated heterocycles. The number of piperidine rings is 1. The van der Waals surface area contributed by atoms with Gasteiger partial charge in [0.1, 0.15) is 5.75 Å². The number of hydrogen-bond donors (Lipinski definition) is 2. The zero-order valence-electron chi connectivity index (χ0n) is 24.0. The molecule has 3 aromatic rings. The van der Waals surface area contributed by atoms with Crippen molar-refractivity contribution in [2.75, 3.05) is 33.8 Å². The maximum absolute atomic E-state index is 13.0. The van der Waals surface area contributed by atoms with E-state index in [2.05, 4.69) is 15.4 Å². The number of halogens is 3. The van der Waals surface area contributed by atoms with Crippen LogP contribution in [0.1, 0.15) is 40.4 Å². The second kappa shape index (κ2) is 12.9. The van der Waals surface area contributed by atoms with Crippen molar-refractivity contribution in [2.45, 2.75) is 44.2 Å². The minimum Gasteiger partial charge on any atom is -0.493 e. The SMILES string of the molecule is COc1cc2ccc1Oc1cccc(c1)CO[C@H]1CN(C(=O)c3n[nH]c(C(F)(F)F)n3)CC[C@@H]1NC(=O)CN(C)C(=O)CC2. The van der Waals surface area contributed by atoms with Crippen LogP contribution in [-0.2, 0) is 33.5 Å². The number of nitrogens with zero attached hydrogens (tertiary/aromatic N) is 4. The number of fused-ring (bicyclic) bond motifs is 9. The minimum absolute atomic E-state index is 0.0477. The van der Waals surface area contributed by atoms with E-state index in [9.17, 15) is 27.6 Å². The van der Waals surface area contributed by atoms with Crippen LogP contribution in [0.25, 0.3) is 0 Å². The van der Waals surface area contributed by atoms with Crippen molar-refractivity contribution in [3.05, 3.63) is 65.2 Å². The first kappa shape index (κ1) is 30.8. The number of alkyl halides is 3. The predicted molar refractivity (Wildman–Crippen MR) is 148 cm³/mol. The van der Waals surface area contributed by atoms with Gasteiger partial charge in [0.05, 0.1) is 32.4 Å². The van der Waals surface area contributed by atoms with Crippen LogP contribution >= 0.6 is 0 Å². The fourth-order valence-corrected chi connectivity index (χ4v) is 5.04. The molecule has 6 rings (SSSR count). The number of aryl methyl sites for hydroxylation is 1. The molecule has 12 nitrogen and oxygen atoms in total. The highest BCUT2D eigenvalue weighted by Gasteiger charge is 2.38. The van der Waals surface area contributed by atoms with Gasteiger partial charge in [-0.3, -0.25) is 19.5 Å². The van der Waals surface area contributed by atoms with E-state index in [-0.39, 0.29) is 45.0 Å². The molecular weight excluding hydrogens is 585 g/mol. The summed E-state index contributed by atoms with van der Waals surface area (Å²) in [6, 6.07) is 12.0. The molecule has 3 aliphatic heterocycles. The van der Waals surface area contributed by atoms with E-state index in [1.807, 2.05) is 12.1 Å². The fraction of sp³-hybridized carbons (Fsp3) is 0.414. The van der Waals surface area contributed by atoms with Crippen molar-refractivity contribution in [3.8, 4) is 17.2 Å². The van der Waals surface area contributed by atoms with E-state index < -0.39 is 41.8 Å². The Morgan fingerprint density at radius 2 is 1.93 bits per heavy atom. The van der Waals surface area contributed by atoms with Gasteiger partial charge >= 0.3 is 6.18 Å². The van der Waals surface area contributed by atoms with Crippen LogP contribution in [0.2, 0.25) is 0 Å². The van der Waals surface area contributed by atoms with Gasteiger partial charge < -0.3 is 29.3 Å². The number of rotatable bonds is 2. The molecule has 0 saturated carbocycles. The molecule has 4 heterocycles. The Labute approximate surface area is 250 Å². The Bertz CT molecular complexity index is 1530. The van der Waals surface area contributed by atoms with E-state index in [1.54, 1.807) is 35.4 Å². The van der Waals surface area contributed by atoms with Gasteiger partial charge in [-0.1, -0.05) is 18.2 Å². The lowest BCUT2D eigenvalue weighted by Gasteiger charge is -2.38. The molecule has 2 atom stereocenters. The number of carbonyl (C=O) groups excluding carboxylic acids is 3. The van der Waals surface area contributed by atoms with Crippen LogP contribution in [0.3, 0.4) is 0 Å². The first-order valence-corrected chi connectivity index (χ1v) is 13.9. The van der Waals surface area contributed by atoms with E-state index in [0.717, 1.165) is 11.1 Å². The zero-order valence-corrected chi connectivity index (χ0v) is 24.0. The molecule has 0 spiro atoms. The van der Waals surface area contributed by atoms with Gasteiger partial charge in [0.15, 0.2) is 11.5 Å². The number of likely N-dealkylation sites (N-methyl/N-ethyl adjacent to an activating group) is 1. The van der Waals surface area contributed by atoms with E-state index >= 15 is 0 Å². The van der Waals surface area contributed by atoms with Crippen LogP contribution in [0.5, 0.6) is 17.2 Å². The minimum atomic E-state index is -4.78. The highest BCUT2D eigenvalue weighted by Crippen LogP contribution is 2.33. The Morgan fingerprint density at radius 3 is 2.68 bits per heavy atom. The number of benzene rings is 2. The first-order valence-electron chi connectivity index (χ1n) is 13.9. The average Bonchev–Trinajstić information content (AvgIpc) is 3.50. The topological polar surface area (TPSA) is 139 Å². The summed E-state index contributed by atoms with van der Waals surface area (Å²) in [5, 5.41) is 8.10. The molecule has 44 heavy (non-hydrogen) atoms. The third-order valence-corrected chi connectivity index (χ3v) is 7.39. The normalized spacial score (nSPS) is 20.1. The molecule has 3 aliphatic rings. The highest BCUT2D eigenvalue weighted by molar-refractivity contribution is 5.90. The average molecular weight is 617 g/mol. The number of hydrogen-bond acceptors (Lipinski definition) is 8. The third-order valence-electron chi connectivity index (χ3n) is 7.39. The lowest BCUT2D eigenvalue weighted by Crippen LogP contribution is -2.57. The van der Waals surface area contributed by atoms with Gasteiger partial charge in [0.2, 0.25) is 23.5 Å². The molecule has 2 aromatic carbocycles. The summed E-state index contributed by atoms with van der Waals surface area (Å²) < 4.78 is 56.8. The summed E-state index contributed by atoms with van der Waals surface area (Å²) in [6.07, 6.45) is -4.69. The number of amides is 3. The summed E-state index contributed by atoms with van der Waals surface area (Å²) in [7, 11) is 3.06. The van der Waals surface area contributed by atoms with Crippen molar-refractivity contribution in [3.63, 3.8) is 0 Å². The number of H-pyrrole nitrogens is 1. The first-order chi connectivity index (χ1) is 21.0. The Kier molecular flexibility index (Phi) is 9.04. The quantitative estimate of drug-likeness (QED) is 0.448. The van der Waals surface area contributed by atoms with Crippen molar-refractivity contribution in [1.29, 1.82) is 0 Å². The van der Waals surface area contributed by atoms with Crippen LogP contribution in [-0.4, -0.2) is 88.6 Å². The van der Waals surface area contributed by atoms with Crippen molar-refractivity contribution in [1.82, 2.24) is 30.3 Å². The van der Waals surface area contributed by atoms with Crippen LogP contribution in [0.15, 0.2) is 42.5 Å². The Hall–Kier alpha value is -4.66. The fourth-order valence-electron chi connectivity index (χ4n) is 5.04. The molecule has 3 amide bonds. The summed E-state index contributed by atoms with van der Waals surface area (Å²) in [4.78, 5) is 44.7. The lowest BCUT2D eigenvalue weighted by atomic mass is 10.0. The number of methoxy groups -OCH3 is 1. The molecule has 15 heteroatoms. The maximum atomic E-state index is 13.0. The van der Waals surface area contributed by atoms with E-state index in [0.29, 0.717) is 23.7 Å². The third kappa shape index (κ3) is 7.27. The number of likely N-dealkylation sites (tertiary alicyclic amines) is 1. The number of ether oxygens (including phenoxy) is 3. The molecule has 1 fully saturated rings. The van der Waals surface area contributed by atoms with E-state index in [1.165, 1.54) is 24.0 Å². The summed E-state index contributed by atoms with van der Waals surface area (Å²) in [6.45, 7) is -0.0610. The zero-order chi connectivity index (χ0) is 31.4. The van der Waals surface area contributed by atoms with Gasteiger partial charge in [0, 0.05) is 26.6 Å². The molecule has 234 valence electrons. The number of aromatic nitrogens is 3. The van der Waals surface area contributed by atoms with E-state index in [4.69, 9.17) is 14.2 Å². The second-order valence-corrected chi connectivity index (χ2v) is 10.6. The second-order valence-electron chi connectivity index (χ2n) is 10.6. The molecular formula is C29H31F3N6O6. The van der Waals surface area contributed by atoms with Gasteiger partial charge in [-0.2, -0.15) is 18.2 Å². The monoisotopic (exact) mass is 616 g/mol. The van der Waals surface area contributed by atoms with Crippen LogP contribution < -0.4 is 14.8 Å². The van der Waals surface area contributed by atoms with Gasteiger partial charge in [-0.25, -0.2) is 0 Å². The highest BCUT2D eigenvalue weighted by atomic mass is 19.4. The molecule has 2 N–H and O–H groups in total. The molecule has 0 radical (unpaired) electrons. The number of nitrogens with one attached hydrogen (secondary N) is 2. The molecule has 0 aliphatic carbocycles. The van der Waals surface area contributed by atoms with Crippen molar-refractivity contribution in [2.24, 2.45) is 0 Å². The Balaban J connectivity index is 1.39. The summed E-state index contributed by atoms with van der Waals surface area (Å²) >= 11 is 0. The molecule has 4 bridgehead atoms. The largest absolute Gasteiger partial charge is 0.493 e. The van der Waals surface area contributed by atoms with Crippen molar-refractivity contribution >= 4 is 17.7 Å². The smallest absolute Gasteiger partial charge is 0.451 e. The van der Waals surface area contributed by atoms with Gasteiger partial charge in [0.25, 0.3) is 5.91 Å². The predicted octanol–water partition coefficient (Wildman–Crippen LogP) is 2.95. The maximum Gasteiger partial charge on any atom is 0.451 e. The number of carbonyl (C=O) groups is 3. The molecule has 1 aromatic heterocycles. The van der Waals surface area contributed by atoms with Crippen molar-refractivity contribution < 1.29 is 41.8 Å². The molecule has 0 unspecified atom stereocenters. The van der Waals surface area contributed by atoms with Crippen LogP contribution in [0.4, 0.5) is 13.2 Å². The summed E-state index contributed by atoms with van der Waals surface area (Å²) in [5.41, 5.74) is 1.60. The Morgan fingerprint density at radius 1 is 1.11 bits per heavy atom. The van der Waals surface area contributed by atoms with Gasteiger partial charge in [-0.15, -0.1) is 5.10 Å². The van der Waals surface area contributed by atoms with Crippen LogP contribution in [0, 0.1) is 0 Å². The lowest BCUT2D eigenvalue weighted by molar-refractivity contribution is -0.144. The van der Waals surface area contributed by atoms with Gasteiger partial charge in [-0.05, 0) is 48.2 Å². The number of aromatic amines is 1. The standard InChI is InChI=1S/C29H31F3N6O6/c1-37-15-24(39)33-20-10-11-38(27(41)26-34-28(36-35-26)29(30,31)32)14-23(20)43-16-18-4-3-5-19(12-18)44-21-8-6-17(7-9-25(37)40)13-22(21)42-2/h3-6,8,12-13,20,23H,7,9-11,14-16H2,1-2H3,(H,33,39)(H,34,35,36)/t20-,23-/m0/s1. The summed E-state index contributed by atoms with van der Waals surface area (Å²) in [5.74, 6) is -1.96.